The Balaban J connectivity index is 1.24. The monoisotopic (exact) mass is 519 g/mol. The van der Waals surface area contributed by atoms with Crippen molar-refractivity contribution in [1.29, 1.82) is 0 Å². The zero-order valence-corrected chi connectivity index (χ0v) is 21.8. The maximum absolute atomic E-state index is 13.4. The molecular weight excluding hydrogens is 486 g/mol. The molecule has 2 saturated heterocycles. The first-order chi connectivity index (χ1) is 18.3. The summed E-state index contributed by atoms with van der Waals surface area (Å²) in [5.41, 5.74) is 1.93. The Labute approximate surface area is 222 Å². The largest absolute Gasteiger partial charge is 0.491 e. The Morgan fingerprint density at radius 1 is 1.05 bits per heavy atom. The van der Waals surface area contributed by atoms with E-state index in [1.807, 2.05) is 43.0 Å². The second-order valence-electron chi connectivity index (χ2n) is 10.4. The van der Waals surface area contributed by atoms with Crippen LogP contribution in [0, 0.1) is 0 Å². The molecule has 3 aliphatic heterocycles. The van der Waals surface area contributed by atoms with Gasteiger partial charge in [0.25, 0.3) is 11.8 Å². The molecule has 5 rings (SSSR count). The van der Waals surface area contributed by atoms with E-state index in [0.717, 1.165) is 24.8 Å². The minimum atomic E-state index is -0.650. The van der Waals surface area contributed by atoms with Crippen molar-refractivity contribution >= 4 is 23.6 Å². The quantitative estimate of drug-likeness (QED) is 0.563. The second kappa shape index (κ2) is 10.8. The summed E-state index contributed by atoms with van der Waals surface area (Å²) < 4.78 is 11.9. The van der Waals surface area contributed by atoms with Gasteiger partial charge in [0.1, 0.15) is 24.1 Å². The lowest BCUT2D eigenvalue weighted by molar-refractivity contribution is -0.136. The summed E-state index contributed by atoms with van der Waals surface area (Å²) in [4.78, 5) is 53.5. The number of benzene rings is 2. The highest BCUT2D eigenvalue weighted by atomic mass is 16.5. The molecule has 4 amide bonds. The van der Waals surface area contributed by atoms with Crippen molar-refractivity contribution in [3.05, 3.63) is 59.2 Å². The molecule has 0 bridgehead atoms. The number of nitrogens with one attached hydrogen (secondary N) is 1. The molecular formula is C29H33N3O6. The number of imide groups is 1. The molecule has 0 spiro atoms. The van der Waals surface area contributed by atoms with Crippen molar-refractivity contribution in [2.75, 3.05) is 13.2 Å². The van der Waals surface area contributed by atoms with Gasteiger partial charge in [-0.15, -0.1) is 0 Å². The molecule has 2 fully saturated rings. The lowest BCUT2D eigenvalue weighted by atomic mass is 10.0. The van der Waals surface area contributed by atoms with E-state index in [1.165, 1.54) is 4.90 Å². The van der Waals surface area contributed by atoms with Crippen LogP contribution in [0.1, 0.15) is 72.2 Å². The van der Waals surface area contributed by atoms with Crippen LogP contribution in [0.3, 0.4) is 0 Å². The van der Waals surface area contributed by atoms with Gasteiger partial charge < -0.3 is 19.3 Å². The lowest BCUT2D eigenvalue weighted by Gasteiger charge is -2.35. The fourth-order valence-electron chi connectivity index (χ4n) is 5.41. The fraction of sp³-hybridized carbons (Fsp3) is 0.448. The Morgan fingerprint density at radius 3 is 2.68 bits per heavy atom. The molecule has 0 radical (unpaired) electrons. The average Bonchev–Trinajstić information content (AvgIpc) is 3.22. The van der Waals surface area contributed by atoms with E-state index in [0.29, 0.717) is 48.7 Å². The van der Waals surface area contributed by atoms with Crippen molar-refractivity contribution in [2.24, 2.45) is 0 Å². The number of hydrogen-bond acceptors (Lipinski definition) is 6. The number of ether oxygens (including phenoxy) is 2. The van der Waals surface area contributed by atoms with Crippen LogP contribution in [0.2, 0.25) is 0 Å². The Kier molecular flexibility index (Phi) is 7.35. The predicted octanol–water partition coefficient (Wildman–Crippen LogP) is 3.31. The highest BCUT2D eigenvalue weighted by Gasteiger charge is 2.39. The number of carbonyl (C=O) groups excluding carboxylic acids is 4. The summed E-state index contributed by atoms with van der Waals surface area (Å²) in [6.07, 6.45) is 3.38. The third-order valence-electron chi connectivity index (χ3n) is 7.28. The Bertz CT molecular complexity index is 1260. The third-order valence-corrected chi connectivity index (χ3v) is 7.28. The number of hydrogen-bond donors (Lipinski definition) is 1. The van der Waals surface area contributed by atoms with E-state index in [9.17, 15) is 19.2 Å². The number of rotatable bonds is 7. The standard InChI is InChI=1S/C29H33N3O6/c1-18(2)38-23-8-5-6-19(14-23)28(35)31-13-4-3-7-21(31)17-37-22-9-10-24-20(15-22)16-32(29(24)36)25-11-12-26(33)30-27(25)34/h5-6,8-10,14-15,18,21,25H,3-4,7,11-13,16-17H2,1-2H3,(H,30,33,34)/t21-,25?/m1/s1. The fourth-order valence-corrected chi connectivity index (χ4v) is 5.41. The highest BCUT2D eigenvalue weighted by molar-refractivity contribution is 6.05. The highest BCUT2D eigenvalue weighted by Crippen LogP contribution is 2.31. The van der Waals surface area contributed by atoms with E-state index in [1.54, 1.807) is 18.2 Å². The van der Waals surface area contributed by atoms with Crippen molar-refractivity contribution in [2.45, 2.75) is 70.7 Å². The molecule has 0 aliphatic carbocycles. The van der Waals surface area contributed by atoms with Crippen LogP contribution in [-0.4, -0.2) is 64.8 Å². The first-order valence-electron chi connectivity index (χ1n) is 13.3. The van der Waals surface area contributed by atoms with E-state index in [-0.39, 0.29) is 36.3 Å². The minimum absolute atomic E-state index is 0.0233. The van der Waals surface area contributed by atoms with Gasteiger partial charge in [-0.1, -0.05) is 6.07 Å². The van der Waals surface area contributed by atoms with Gasteiger partial charge in [-0.05, 0) is 81.5 Å². The molecule has 3 aliphatic rings. The van der Waals surface area contributed by atoms with Gasteiger partial charge in [0.05, 0.1) is 12.1 Å². The van der Waals surface area contributed by atoms with E-state index >= 15 is 0 Å². The minimum Gasteiger partial charge on any atom is -0.491 e. The van der Waals surface area contributed by atoms with Crippen molar-refractivity contribution in [3.8, 4) is 11.5 Å². The summed E-state index contributed by atoms with van der Waals surface area (Å²) >= 11 is 0. The molecule has 2 aromatic rings. The normalized spacial score (nSPS) is 21.4. The van der Waals surface area contributed by atoms with Gasteiger partial charge in [-0.25, -0.2) is 0 Å². The summed E-state index contributed by atoms with van der Waals surface area (Å²) in [6.45, 7) is 5.21. The SMILES string of the molecule is CC(C)Oc1cccc(C(=O)N2CCCC[C@@H]2COc2ccc3c(c2)CN(C2CCC(=O)NC2=O)C3=O)c1. The first kappa shape index (κ1) is 25.8. The maximum Gasteiger partial charge on any atom is 0.255 e. The van der Waals surface area contributed by atoms with Gasteiger partial charge in [-0.2, -0.15) is 0 Å². The van der Waals surface area contributed by atoms with E-state index in [2.05, 4.69) is 5.32 Å². The second-order valence-corrected chi connectivity index (χ2v) is 10.4. The molecule has 3 heterocycles. The molecule has 1 N–H and O–H groups in total. The molecule has 9 nitrogen and oxygen atoms in total. The summed E-state index contributed by atoms with van der Waals surface area (Å²) in [5.74, 6) is 0.308. The van der Waals surface area contributed by atoms with Crippen LogP contribution in [0.5, 0.6) is 11.5 Å². The number of carbonyl (C=O) groups is 4. The molecule has 0 aromatic heterocycles. The average molecular weight is 520 g/mol. The van der Waals surface area contributed by atoms with Gasteiger partial charge >= 0.3 is 0 Å². The summed E-state index contributed by atoms with van der Waals surface area (Å²) in [7, 11) is 0. The molecule has 0 saturated carbocycles. The zero-order valence-electron chi connectivity index (χ0n) is 21.8. The van der Waals surface area contributed by atoms with Gasteiger partial charge in [0, 0.05) is 30.6 Å². The number of amides is 4. The predicted molar refractivity (Wildman–Crippen MR) is 139 cm³/mol. The number of fused-ring (bicyclic) bond motifs is 1. The summed E-state index contributed by atoms with van der Waals surface area (Å²) in [6, 6.07) is 11.9. The van der Waals surface area contributed by atoms with Crippen LogP contribution in [-0.2, 0) is 16.1 Å². The van der Waals surface area contributed by atoms with Crippen LogP contribution < -0.4 is 14.8 Å². The summed E-state index contributed by atoms with van der Waals surface area (Å²) in [5, 5.41) is 2.32. The lowest BCUT2D eigenvalue weighted by Crippen LogP contribution is -2.52. The van der Waals surface area contributed by atoms with Gasteiger partial charge in [0.2, 0.25) is 11.8 Å². The smallest absolute Gasteiger partial charge is 0.255 e. The third kappa shape index (κ3) is 5.37. The first-order valence-corrected chi connectivity index (χ1v) is 13.3. The number of nitrogens with zero attached hydrogens (tertiary/aromatic N) is 2. The van der Waals surface area contributed by atoms with Gasteiger partial charge in [0.15, 0.2) is 0 Å². The molecule has 2 aromatic carbocycles. The molecule has 1 unspecified atom stereocenters. The molecule has 200 valence electrons. The Morgan fingerprint density at radius 2 is 1.89 bits per heavy atom. The zero-order chi connectivity index (χ0) is 26.8. The molecule has 38 heavy (non-hydrogen) atoms. The molecule has 2 atom stereocenters. The van der Waals surface area contributed by atoms with Crippen LogP contribution in [0.25, 0.3) is 0 Å². The van der Waals surface area contributed by atoms with Crippen molar-refractivity contribution < 1.29 is 28.7 Å². The van der Waals surface area contributed by atoms with Crippen molar-refractivity contribution in [3.63, 3.8) is 0 Å². The van der Waals surface area contributed by atoms with E-state index < -0.39 is 11.9 Å². The van der Waals surface area contributed by atoms with Gasteiger partial charge in [-0.3, -0.25) is 24.5 Å². The van der Waals surface area contributed by atoms with Crippen LogP contribution in [0.15, 0.2) is 42.5 Å². The Hall–Kier alpha value is -3.88. The number of likely N-dealkylation sites (tertiary alicyclic amines) is 1. The maximum atomic E-state index is 13.4. The molecule has 9 heteroatoms. The topological polar surface area (TPSA) is 105 Å². The number of piperidine rings is 2. The van der Waals surface area contributed by atoms with Crippen LogP contribution in [0.4, 0.5) is 0 Å². The van der Waals surface area contributed by atoms with Crippen molar-refractivity contribution in [1.82, 2.24) is 15.1 Å². The van der Waals surface area contributed by atoms with Crippen LogP contribution >= 0.6 is 0 Å². The van der Waals surface area contributed by atoms with E-state index in [4.69, 9.17) is 9.47 Å².